The van der Waals surface area contributed by atoms with Gasteiger partial charge in [-0.15, -0.1) is 11.3 Å². The van der Waals surface area contributed by atoms with E-state index < -0.39 is 0 Å². The van der Waals surface area contributed by atoms with Gasteiger partial charge in [-0.25, -0.2) is 0 Å². The SMILES string of the molecule is COc1coc(-c2ccc(C(=O)NC3CC4CCC3N4)s2)n1. The number of hydrogen-bond donors (Lipinski definition) is 2. The lowest BCUT2D eigenvalue weighted by Gasteiger charge is -2.20. The number of hydrogen-bond acceptors (Lipinski definition) is 6. The second-order valence-corrected chi connectivity index (χ2v) is 6.81. The van der Waals surface area contributed by atoms with Crippen LogP contribution in [-0.4, -0.2) is 36.1 Å². The van der Waals surface area contributed by atoms with Crippen LogP contribution in [-0.2, 0) is 0 Å². The fraction of sp³-hybridized carbons (Fsp3) is 0.467. The van der Waals surface area contributed by atoms with Crippen LogP contribution < -0.4 is 15.4 Å². The summed E-state index contributed by atoms with van der Waals surface area (Å²) in [5.74, 6) is 0.888. The van der Waals surface area contributed by atoms with Crippen LogP contribution >= 0.6 is 11.3 Å². The molecule has 2 bridgehead atoms. The van der Waals surface area contributed by atoms with E-state index in [4.69, 9.17) is 9.15 Å². The third-order valence-electron chi connectivity index (χ3n) is 4.35. The molecule has 0 spiro atoms. The number of amides is 1. The smallest absolute Gasteiger partial charge is 0.261 e. The van der Waals surface area contributed by atoms with E-state index in [2.05, 4.69) is 15.6 Å². The maximum atomic E-state index is 12.4. The van der Waals surface area contributed by atoms with Gasteiger partial charge in [-0.05, 0) is 31.4 Å². The van der Waals surface area contributed by atoms with Crippen molar-refractivity contribution < 1.29 is 13.9 Å². The number of fused-ring (bicyclic) bond motifs is 2. The van der Waals surface area contributed by atoms with Crippen LogP contribution in [0.3, 0.4) is 0 Å². The monoisotopic (exact) mass is 319 g/mol. The molecule has 6 nitrogen and oxygen atoms in total. The molecule has 2 fully saturated rings. The second-order valence-electron chi connectivity index (χ2n) is 5.72. The number of oxazole rings is 1. The Morgan fingerprint density at radius 1 is 1.50 bits per heavy atom. The molecule has 0 saturated carbocycles. The van der Waals surface area contributed by atoms with Crippen LogP contribution in [0.5, 0.6) is 5.88 Å². The van der Waals surface area contributed by atoms with Crippen LogP contribution in [0.15, 0.2) is 22.8 Å². The summed E-state index contributed by atoms with van der Waals surface area (Å²) < 4.78 is 10.3. The van der Waals surface area contributed by atoms with Crippen molar-refractivity contribution in [3.8, 4) is 16.6 Å². The molecule has 116 valence electrons. The number of nitrogens with zero attached hydrogens (tertiary/aromatic N) is 1. The summed E-state index contributed by atoms with van der Waals surface area (Å²) in [5.41, 5.74) is 0. The summed E-state index contributed by atoms with van der Waals surface area (Å²) in [6.07, 6.45) is 4.87. The highest BCUT2D eigenvalue weighted by molar-refractivity contribution is 7.17. The number of thiophene rings is 1. The number of ether oxygens (including phenoxy) is 1. The van der Waals surface area contributed by atoms with Crippen LogP contribution in [0.1, 0.15) is 28.9 Å². The Kier molecular flexibility index (Phi) is 3.38. The van der Waals surface area contributed by atoms with Crippen LogP contribution in [0, 0.1) is 0 Å². The highest BCUT2D eigenvalue weighted by Gasteiger charge is 2.39. The zero-order chi connectivity index (χ0) is 15.1. The zero-order valence-corrected chi connectivity index (χ0v) is 13.0. The van der Waals surface area contributed by atoms with Gasteiger partial charge in [0.2, 0.25) is 5.89 Å². The number of aromatic nitrogens is 1. The molecule has 2 aliphatic heterocycles. The predicted octanol–water partition coefficient (Wildman–Crippen LogP) is 2.03. The highest BCUT2D eigenvalue weighted by atomic mass is 32.1. The summed E-state index contributed by atoms with van der Waals surface area (Å²) in [6, 6.07) is 4.92. The molecular weight excluding hydrogens is 302 g/mol. The lowest BCUT2D eigenvalue weighted by Crippen LogP contribution is -2.42. The average Bonchev–Trinajstić information content (AvgIpc) is 3.28. The van der Waals surface area contributed by atoms with Gasteiger partial charge in [0.15, 0.2) is 6.26 Å². The Labute approximate surface area is 131 Å². The maximum Gasteiger partial charge on any atom is 0.261 e. The fourth-order valence-electron chi connectivity index (χ4n) is 3.26. The molecule has 2 saturated heterocycles. The Hall–Kier alpha value is -1.86. The van der Waals surface area contributed by atoms with Gasteiger partial charge < -0.3 is 19.8 Å². The van der Waals surface area contributed by atoms with Crippen LogP contribution in [0.25, 0.3) is 10.8 Å². The lowest BCUT2D eigenvalue weighted by molar-refractivity contribution is 0.0935. The van der Waals surface area contributed by atoms with E-state index in [1.807, 2.05) is 12.1 Å². The molecule has 2 aliphatic rings. The van der Waals surface area contributed by atoms with Crippen molar-refractivity contribution in [2.24, 2.45) is 0 Å². The van der Waals surface area contributed by atoms with Crippen LogP contribution in [0.4, 0.5) is 0 Å². The molecule has 2 N–H and O–H groups in total. The first-order valence-electron chi connectivity index (χ1n) is 7.39. The molecule has 3 unspecified atom stereocenters. The normalized spacial score (nSPS) is 26.3. The van der Waals surface area contributed by atoms with Gasteiger partial charge in [0.1, 0.15) is 0 Å². The van der Waals surface area contributed by atoms with Crippen molar-refractivity contribution in [1.29, 1.82) is 0 Å². The minimum atomic E-state index is -0.0193. The quantitative estimate of drug-likeness (QED) is 0.902. The van der Waals surface area contributed by atoms with Crippen molar-refractivity contribution in [3.05, 3.63) is 23.3 Å². The van der Waals surface area contributed by atoms with Gasteiger partial charge in [-0.2, -0.15) is 4.98 Å². The van der Waals surface area contributed by atoms with Gasteiger partial charge in [0.25, 0.3) is 11.8 Å². The molecular formula is C15H17N3O3S. The minimum absolute atomic E-state index is 0.0193. The summed E-state index contributed by atoms with van der Waals surface area (Å²) in [7, 11) is 1.54. The van der Waals surface area contributed by atoms with E-state index in [0.29, 0.717) is 28.7 Å². The minimum Gasteiger partial charge on any atom is -0.479 e. The van der Waals surface area contributed by atoms with Crippen molar-refractivity contribution in [3.63, 3.8) is 0 Å². The molecule has 3 atom stereocenters. The third-order valence-corrected chi connectivity index (χ3v) is 5.42. The predicted molar refractivity (Wildman–Crippen MR) is 82.2 cm³/mol. The van der Waals surface area contributed by atoms with Gasteiger partial charge in [-0.1, -0.05) is 0 Å². The van der Waals surface area contributed by atoms with Crippen LogP contribution in [0.2, 0.25) is 0 Å². The van der Waals surface area contributed by atoms with E-state index in [1.54, 1.807) is 0 Å². The van der Waals surface area contributed by atoms with Gasteiger partial charge in [-0.3, -0.25) is 4.79 Å². The number of carbonyl (C=O) groups is 1. The van der Waals surface area contributed by atoms with Gasteiger partial charge in [0.05, 0.1) is 16.9 Å². The van der Waals surface area contributed by atoms with Crippen molar-refractivity contribution in [2.45, 2.75) is 37.4 Å². The fourth-order valence-corrected chi connectivity index (χ4v) is 4.11. The molecule has 0 aliphatic carbocycles. The van der Waals surface area contributed by atoms with Gasteiger partial charge >= 0.3 is 0 Å². The largest absolute Gasteiger partial charge is 0.479 e. The Balaban J connectivity index is 1.45. The topological polar surface area (TPSA) is 76.4 Å². The molecule has 7 heteroatoms. The highest BCUT2D eigenvalue weighted by Crippen LogP contribution is 2.31. The first kappa shape index (κ1) is 13.8. The summed E-state index contributed by atoms with van der Waals surface area (Å²) in [6.45, 7) is 0. The molecule has 2 aromatic heterocycles. The first-order valence-corrected chi connectivity index (χ1v) is 8.21. The molecule has 22 heavy (non-hydrogen) atoms. The number of carbonyl (C=O) groups excluding carboxylic acids is 1. The average molecular weight is 319 g/mol. The number of rotatable bonds is 4. The standard InChI is InChI=1S/C15H17N3O3S/c1-20-13-7-21-15(18-13)12-5-4-11(22-12)14(19)17-10-6-8-2-3-9(10)16-8/h4-5,7-10,16H,2-3,6H2,1H3,(H,17,19). The zero-order valence-electron chi connectivity index (χ0n) is 12.2. The Bertz CT molecular complexity index is 696. The lowest BCUT2D eigenvalue weighted by atomic mass is 9.95. The maximum absolute atomic E-state index is 12.4. The summed E-state index contributed by atoms with van der Waals surface area (Å²) in [4.78, 5) is 18.1. The molecule has 0 aromatic carbocycles. The van der Waals surface area contributed by atoms with Crippen molar-refractivity contribution >= 4 is 17.2 Å². The van der Waals surface area contributed by atoms with E-state index in [9.17, 15) is 4.79 Å². The van der Waals surface area contributed by atoms with Crippen molar-refractivity contribution in [2.75, 3.05) is 7.11 Å². The number of nitrogens with one attached hydrogen (secondary N) is 2. The molecule has 0 radical (unpaired) electrons. The Morgan fingerprint density at radius 2 is 2.41 bits per heavy atom. The second kappa shape index (κ2) is 5.40. The first-order chi connectivity index (χ1) is 10.7. The summed E-state index contributed by atoms with van der Waals surface area (Å²) in [5, 5.41) is 6.67. The number of methoxy groups -OCH3 is 1. The van der Waals surface area contributed by atoms with Gasteiger partial charge in [0, 0.05) is 18.1 Å². The molecule has 4 rings (SSSR count). The molecule has 2 aromatic rings. The van der Waals surface area contributed by atoms with Crippen molar-refractivity contribution in [1.82, 2.24) is 15.6 Å². The Morgan fingerprint density at radius 3 is 3.09 bits per heavy atom. The van der Waals surface area contributed by atoms with E-state index in [0.717, 1.165) is 17.7 Å². The molecule has 1 amide bonds. The summed E-state index contributed by atoms with van der Waals surface area (Å²) >= 11 is 1.38. The third kappa shape index (κ3) is 2.40. The van der Waals surface area contributed by atoms with E-state index >= 15 is 0 Å². The molecule has 4 heterocycles. The van der Waals surface area contributed by atoms with E-state index in [1.165, 1.54) is 31.1 Å². The van der Waals surface area contributed by atoms with E-state index in [-0.39, 0.29) is 11.9 Å².